The summed E-state index contributed by atoms with van der Waals surface area (Å²) < 4.78 is 3.92. The molecule has 1 amide bonds. The number of carbonyl (C=O) groups is 1. The Bertz CT molecular complexity index is 1380. The van der Waals surface area contributed by atoms with Crippen LogP contribution in [0.5, 0.6) is 0 Å². The normalized spacial score (nSPS) is 11.0. The number of carbonyl (C=O) groups excluding carboxylic acids is 1. The average Bonchev–Trinajstić information content (AvgIpc) is 3.37. The number of thiazole rings is 1. The zero-order chi connectivity index (χ0) is 22.5. The molecule has 0 radical (unpaired) electrons. The number of fused-ring (bicyclic) bond motifs is 1. The maximum Gasteiger partial charge on any atom is 0.261 e. The quantitative estimate of drug-likeness (QED) is 0.289. The number of nitrogens with zero attached hydrogens (tertiary/aromatic N) is 5. The van der Waals surface area contributed by atoms with Gasteiger partial charge >= 0.3 is 0 Å². The molecule has 9 nitrogen and oxygen atoms in total. The minimum atomic E-state index is -0.151. The molecule has 0 aliphatic heterocycles. The minimum Gasteiger partial charge on any atom is -0.302 e. The van der Waals surface area contributed by atoms with E-state index in [4.69, 9.17) is 12.2 Å². The summed E-state index contributed by atoms with van der Waals surface area (Å²) >= 11 is 6.58. The lowest BCUT2D eigenvalue weighted by molar-refractivity contribution is -0.116. The molecular formula is C21H21N7O2S2. The monoisotopic (exact) mass is 467 g/mol. The standard InChI is InChI=1S/C21H21N7O2S2/c1-2-9-28-17(25-26-21(28)31)11-14-12-32-20(23-14)24-18(29)8-5-10-27-13-22-16-7-4-3-6-15(16)19(27)30/h2-4,6-7,12-13H,1,5,8-11H2,(H,26,31)(H,23,24,29). The summed E-state index contributed by atoms with van der Waals surface area (Å²) in [6.45, 7) is 4.71. The van der Waals surface area contributed by atoms with E-state index in [0.29, 0.717) is 46.7 Å². The minimum absolute atomic E-state index is 0.102. The van der Waals surface area contributed by atoms with Crippen molar-refractivity contribution >= 4 is 45.5 Å². The molecule has 2 N–H and O–H groups in total. The number of amides is 1. The van der Waals surface area contributed by atoms with Crippen molar-refractivity contribution in [3.63, 3.8) is 0 Å². The van der Waals surface area contributed by atoms with Gasteiger partial charge in [0, 0.05) is 24.9 Å². The van der Waals surface area contributed by atoms with Gasteiger partial charge < -0.3 is 5.32 Å². The number of para-hydroxylation sites is 1. The predicted octanol–water partition coefficient (Wildman–Crippen LogP) is 3.30. The molecule has 0 atom stereocenters. The molecule has 0 saturated carbocycles. The van der Waals surface area contributed by atoms with E-state index in [1.807, 2.05) is 22.1 Å². The smallest absolute Gasteiger partial charge is 0.261 e. The van der Waals surface area contributed by atoms with Gasteiger partial charge in [0.25, 0.3) is 5.56 Å². The van der Waals surface area contributed by atoms with E-state index in [9.17, 15) is 9.59 Å². The van der Waals surface area contributed by atoms with Gasteiger partial charge in [-0.15, -0.1) is 17.9 Å². The number of nitrogens with one attached hydrogen (secondary N) is 2. The molecule has 0 aliphatic carbocycles. The summed E-state index contributed by atoms with van der Waals surface area (Å²) in [6, 6.07) is 7.22. The van der Waals surface area contributed by atoms with Crippen molar-refractivity contribution in [2.75, 3.05) is 5.32 Å². The lowest BCUT2D eigenvalue weighted by Gasteiger charge is -2.06. The molecule has 0 saturated heterocycles. The molecule has 0 fully saturated rings. The zero-order valence-electron chi connectivity index (χ0n) is 17.2. The Balaban J connectivity index is 1.31. The Hall–Kier alpha value is -3.44. The zero-order valence-corrected chi connectivity index (χ0v) is 18.8. The number of hydrogen-bond acceptors (Lipinski definition) is 7. The Morgan fingerprint density at radius 2 is 2.19 bits per heavy atom. The van der Waals surface area contributed by atoms with Crippen LogP contribution in [0.15, 0.2) is 53.4 Å². The van der Waals surface area contributed by atoms with Crippen LogP contribution in [-0.4, -0.2) is 35.2 Å². The number of aromatic amines is 1. The van der Waals surface area contributed by atoms with Crippen LogP contribution < -0.4 is 10.9 Å². The van der Waals surface area contributed by atoms with Crippen LogP contribution >= 0.6 is 23.6 Å². The lowest BCUT2D eigenvalue weighted by Crippen LogP contribution is -2.21. The Kier molecular flexibility index (Phi) is 6.66. The molecule has 0 unspecified atom stereocenters. The summed E-state index contributed by atoms with van der Waals surface area (Å²) in [5.74, 6) is 0.606. The number of rotatable bonds is 9. The molecular weight excluding hydrogens is 446 g/mol. The first-order valence-corrected chi connectivity index (χ1v) is 11.3. The van der Waals surface area contributed by atoms with Gasteiger partial charge in [-0.3, -0.25) is 23.8 Å². The maximum absolute atomic E-state index is 12.5. The van der Waals surface area contributed by atoms with Crippen molar-refractivity contribution in [2.45, 2.75) is 32.4 Å². The Labute approximate surface area is 192 Å². The second kappa shape index (κ2) is 9.79. The molecule has 4 aromatic rings. The first kappa shape index (κ1) is 21.8. The van der Waals surface area contributed by atoms with E-state index < -0.39 is 0 Å². The highest BCUT2D eigenvalue weighted by Crippen LogP contribution is 2.18. The van der Waals surface area contributed by atoms with E-state index in [-0.39, 0.29) is 17.9 Å². The first-order valence-electron chi connectivity index (χ1n) is 9.98. The number of H-pyrrole nitrogens is 1. The molecule has 4 rings (SSSR count). The summed E-state index contributed by atoms with van der Waals surface area (Å²) in [6.07, 6.45) is 4.55. The van der Waals surface area contributed by atoms with Crippen molar-refractivity contribution in [2.24, 2.45) is 0 Å². The predicted molar refractivity (Wildman–Crippen MR) is 126 cm³/mol. The number of benzene rings is 1. The molecule has 3 heterocycles. The lowest BCUT2D eigenvalue weighted by atomic mass is 10.2. The van der Waals surface area contributed by atoms with Crippen molar-refractivity contribution < 1.29 is 4.79 Å². The Morgan fingerprint density at radius 1 is 1.34 bits per heavy atom. The van der Waals surface area contributed by atoms with Crippen LogP contribution in [0.1, 0.15) is 24.4 Å². The van der Waals surface area contributed by atoms with Crippen molar-refractivity contribution in [1.82, 2.24) is 29.3 Å². The third-order valence-electron chi connectivity index (χ3n) is 4.82. The van der Waals surface area contributed by atoms with Gasteiger partial charge in [-0.1, -0.05) is 18.2 Å². The molecule has 0 spiro atoms. The third kappa shape index (κ3) is 4.89. The van der Waals surface area contributed by atoms with Crippen molar-refractivity contribution in [3.8, 4) is 0 Å². The van der Waals surface area contributed by atoms with Gasteiger partial charge in [0.15, 0.2) is 9.90 Å². The van der Waals surface area contributed by atoms with Gasteiger partial charge in [0.05, 0.1) is 29.3 Å². The SMILES string of the molecule is C=CCn1c(Cc2csc(NC(=O)CCCn3cnc4ccccc4c3=O)n2)n[nH]c1=S. The highest BCUT2D eigenvalue weighted by Gasteiger charge is 2.11. The third-order valence-corrected chi connectivity index (χ3v) is 5.94. The number of aryl methyl sites for hydroxylation is 1. The van der Waals surface area contributed by atoms with E-state index in [1.165, 1.54) is 22.2 Å². The van der Waals surface area contributed by atoms with Crippen LogP contribution in [0.3, 0.4) is 0 Å². The molecule has 164 valence electrons. The van der Waals surface area contributed by atoms with Crippen molar-refractivity contribution in [3.05, 3.63) is 75.3 Å². The van der Waals surface area contributed by atoms with Gasteiger partial charge in [-0.25, -0.2) is 9.97 Å². The van der Waals surface area contributed by atoms with E-state index in [1.54, 1.807) is 18.2 Å². The first-order chi connectivity index (χ1) is 15.5. The van der Waals surface area contributed by atoms with E-state index in [0.717, 1.165) is 11.5 Å². The van der Waals surface area contributed by atoms with Crippen LogP contribution in [-0.2, 0) is 24.3 Å². The van der Waals surface area contributed by atoms with Gasteiger partial charge in [-0.2, -0.15) is 5.10 Å². The molecule has 0 bridgehead atoms. The van der Waals surface area contributed by atoms with Crippen molar-refractivity contribution in [1.29, 1.82) is 0 Å². The largest absolute Gasteiger partial charge is 0.302 e. The number of allylic oxidation sites excluding steroid dienone is 1. The molecule has 3 aromatic heterocycles. The number of aromatic nitrogens is 6. The van der Waals surface area contributed by atoms with Gasteiger partial charge in [0.2, 0.25) is 5.91 Å². The second-order valence-corrected chi connectivity index (χ2v) is 8.32. The number of hydrogen-bond donors (Lipinski definition) is 2. The molecule has 1 aromatic carbocycles. The fourth-order valence-corrected chi connectivity index (χ4v) is 4.22. The second-order valence-electron chi connectivity index (χ2n) is 7.08. The Morgan fingerprint density at radius 3 is 3.03 bits per heavy atom. The van der Waals surface area contributed by atoms with E-state index >= 15 is 0 Å². The van der Waals surface area contributed by atoms with Gasteiger partial charge in [-0.05, 0) is 30.8 Å². The molecule has 0 aliphatic rings. The molecule has 32 heavy (non-hydrogen) atoms. The average molecular weight is 468 g/mol. The summed E-state index contributed by atoms with van der Waals surface area (Å²) in [7, 11) is 0. The topological polar surface area (TPSA) is 110 Å². The maximum atomic E-state index is 12.5. The van der Waals surface area contributed by atoms with Crippen LogP contribution in [0.2, 0.25) is 0 Å². The highest BCUT2D eigenvalue weighted by molar-refractivity contribution is 7.71. The van der Waals surface area contributed by atoms with Crippen LogP contribution in [0, 0.1) is 4.77 Å². The highest BCUT2D eigenvalue weighted by atomic mass is 32.1. The molecule has 11 heteroatoms. The summed E-state index contributed by atoms with van der Waals surface area (Å²) in [4.78, 5) is 33.6. The fraction of sp³-hybridized carbons (Fsp3) is 0.238. The summed E-state index contributed by atoms with van der Waals surface area (Å²) in [5, 5.41) is 12.8. The number of anilines is 1. The summed E-state index contributed by atoms with van der Waals surface area (Å²) in [5.41, 5.74) is 1.35. The fourth-order valence-electron chi connectivity index (χ4n) is 3.27. The van der Waals surface area contributed by atoms with E-state index in [2.05, 4.69) is 32.1 Å². The van der Waals surface area contributed by atoms with Crippen LogP contribution in [0.25, 0.3) is 10.9 Å². The van der Waals surface area contributed by atoms with Gasteiger partial charge in [0.1, 0.15) is 5.82 Å². The van der Waals surface area contributed by atoms with Crippen LogP contribution in [0.4, 0.5) is 5.13 Å².